The maximum absolute atomic E-state index is 10.4. The number of rotatable bonds is 2. The fourth-order valence-electron chi connectivity index (χ4n) is 2.85. The van der Waals surface area contributed by atoms with Gasteiger partial charge in [0.05, 0.1) is 16.3 Å². The molecule has 114 valence electrons. The van der Waals surface area contributed by atoms with Gasteiger partial charge in [-0.1, -0.05) is 54.1 Å². The van der Waals surface area contributed by atoms with E-state index in [0.29, 0.717) is 16.3 Å². The number of ether oxygens (including phenoxy) is 1. The lowest BCUT2D eigenvalue weighted by atomic mass is 9.94. The second kappa shape index (κ2) is 5.61. The number of hydrogen-bond donors (Lipinski definition) is 2. The highest BCUT2D eigenvalue weighted by molar-refractivity contribution is 6.33. The van der Waals surface area contributed by atoms with Crippen LogP contribution in [0.15, 0.2) is 66.7 Å². The molecule has 4 heteroatoms. The molecule has 0 bridgehead atoms. The van der Waals surface area contributed by atoms with Crippen LogP contribution in [0.4, 0.5) is 11.4 Å². The first-order valence-corrected chi connectivity index (χ1v) is 7.70. The lowest BCUT2D eigenvalue weighted by Gasteiger charge is -2.27. The van der Waals surface area contributed by atoms with Crippen LogP contribution in [-0.4, -0.2) is 5.11 Å². The number of halogens is 1. The third kappa shape index (κ3) is 2.44. The molecule has 0 aliphatic carbocycles. The van der Waals surface area contributed by atoms with Crippen molar-refractivity contribution in [2.24, 2.45) is 0 Å². The zero-order valence-corrected chi connectivity index (χ0v) is 12.9. The number of hydrogen-bond acceptors (Lipinski definition) is 3. The van der Waals surface area contributed by atoms with E-state index in [9.17, 15) is 5.11 Å². The number of para-hydroxylation sites is 2. The zero-order valence-electron chi connectivity index (χ0n) is 12.2. The summed E-state index contributed by atoms with van der Waals surface area (Å²) in [7, 11) is 0. The molecule has 0 saturated heterocycles. The summed E-state index contributed by atoms with van der Waals surface area (Å²) in [6, 6.07) is 21.0. The van der Waals surface area contributed by atoms with Gasteiger partial charge in [-0.3, -0.25) is 0 Å². The van der Waals surface area contributed by atoms with Gasteiger partial charge in [-0.15, -0.1) is 0 Å². The molecular formula is C19H14ClNO2. The van der Waals surface area contributed by atoms with Crippen LogP contribution in [0.25, 0.3) is 11.1 Å². The van der Waals surface area contributed by atoms with Gasteiger partial charge >= 0.3 is 0 Å². The van der Waals surface area contributed by atoms with Crippen LogP contribution in [-0.2, 0) is 0 Å². The number of benzene rings is 3. The lowest BCUT2D eigenvalue weighted by molar-refractivity contribution is -0.0206. The van der Waals surface area contributed by atoms with Crippen molar-refractivity contribution in [3.63, 3.8) is 0 Å². The number of aliphatic hydroxyl groups is 1. The summed E-state index contributed by atoms with van der Waals surface area (Å²) in [6.45, 7) is 0. The predicted molar refractivity (Wildman–Crippen MR) is 92.2 cm³/mol. The maximum atomic E-state index is 10.4. The van der Waals surface area contributed by atoms with Gasteiger partial charge in [-0.2, -0.15) is 0 Å². The number of anilines is 2. The third-order valence-electron chi connectivity index (χ3n) is 3.91. The first-order chi connectivity index (χ1) is 11.2. The Hall–Kier alpha value is -2.49. The van der Waals surface area contributed by atoms with E-state index in [0.717, 1.165) is 22.5 Å². The van der Waals surface area contributed by atoms with Crippen molar-refractivity contribution in [2.75, 3.05) is 5.32 Å². The van der Waals surface area contributed by atoms with Crippen molar-refractivity contribution in [3.05, 3.63) is 77.3 Å². The highest BCUT2D eigenvalue weighted by Gasteiger charge is 2.26. The lowest BCUT2D eigenvalue weighted by Crippen LogP contribution is -2.15. The molecule has 3 aromatic carbocycles. The van der Waals surface area contributed by atoms with Crippen LogP contribution in [0.1, 0.15) is 11.9 Å². The second-order valence-corrected chi connectivity index (χ2v) is 5.75. The molecule has 1 heterocycles. The van der Waals surface area contributed by atoms with E-state index in [1.807, 2.05) is 66.7 Å². The molecule has 0 aromatic heterocycles. The fraction of sp³-hybridized carbons (Fsp3) is 0.0526. The van der Waals surface area contributed by atoms with E-state index in [1.165, 1.54) is 0 Å². The molecule has 0 saturated carbocycles. The maximum Gasteiger partial charge on any atom is 0.226 e. The number of aliphatic hydroxyl groups excluding tert-OH is 1. The second-order valence-electron chi connectivity index (χ2n) is 5.34. The fourth-order valence-corrected chi connectivity index (χ4v) is 3.04. The molecule has 1 atom stereocenters. The van der Waals surface area contributed by atoms with E-state index in [-0.39, 0.29) is 0 Å². The zero-order chi connectivity index (χ0) is 15.8. The summed E-state index contributed by atoms with van der Waals surface area (Å²) < 4.78 is 5.65. The van der Waals surface area contributed by atoms with E-state index in [2.05, 4.69) is 5.32 Å². The summed E-state index contributed by atoms with van der Waals surface area (Å²) >= 11 is 6.22. The topological polar surface area (TPSA) is 41.5 Å². The normalized spacial score (nSPS) is 15.3. The number of fused-ring (bicyclic) bond motifs is 3. The highest BCUT2D eigenvalue weighted by atomic mass is 35.5. The third-order valence-corrected chi connectivity index (χ3v) is 4.24. The summed E-state index contributed by atoms with van der Waals surface area (Å²) in [5.74, 6) is 0.683. The molecule has 3 aromatic rings. The molecule has 0 radical (unpaired) electrons. The molecule has 1 unspecified atom stereocenters. The van der Waals surface area contributed by atoms with E-state index < -0.39 is 6.29 Å². The van der Waals surface area contributed by atoms with Crippen molar-refractivity contribution in [1.29, 1.82) is 0 Å². The summed E-state index contributed by atoms with van der Waals surface area (Å²) in [6.07, 6.45) is -1.02. The molecule has 23 heavy (non-hydrogen) atoms. The van der Waals surface area contributed by atoms with Crippen molar-refractivity contribution >= 4 is 23.0 Å². The van der Waals surface area contributed by atoms with Crippen LogP contribution in [0.3, 0.4) is 0 Å². The van der Waals surface area contributed by atoms with E-state index in [4.69, 9.17) is 16.3 Å². The molecule has 1 aliphatic rings. The van der Waals surface area contributed by atoms with Gasteiger partial charge in [0.25, 0.3) is 0 Å². The predicted octanol–water partition coefficient (Wildman–Crippen LogP) is 5.13. The SMILES string of the molecule is OC1Oc2ccccc2-c2cccc(Nc3ccccc3Cl)c21. The minimum atomic E-state index is -1.02. The largest absolute Gasteiger partial charge is 0.460 e. The first kappa shape index (κ1) is 14.1. The monoisotopic (exact) mass is 323 g/mol. The Balaban J connectivity index is 1.84. The summed E-state index contributed by atoms with van der Waals surface area (Å²) in [5, 5.41) is 14.4. The Morgan fingerprint density at radius 2 is 1.52 bits per heavy atom. The number of nitrogens with one attached hydrogen (secondary N) is 1. The quantitative estimate of drug-likeness (QED) is 0.686. The Bertz CT molecular complexity index is 879. The smallest absolute Gasteiger partial charge is 0.226 e. The van der Waals surface area contributed by atoms with Gasteiger partial charge in [0.2, 0.25) is 6.29 Å². The molecule has 0 fully saturated rings. The van der Waals surface area contributed by atoms with E-state index in [1.54, 1.807) is 0 Å². The van der Waals surface area contributed by atoms with Crippen LogP contribution in [0, 0.1) is 0 Å². The first-order valence-electron chi connectivity index (χ1n) is 7.32. The standard InChI is InChI=1S/C19H14ClNO2/c20-14-8-2-3-9-15(14)21-16-10-5-7-13-12-6-1-4-11-17(12)23-19(22)18(13)16/h1-11,19,21-22H. The molecule has 2 N–H and O–H groups in total. The van der Waals surface area contributed by atoms with Gasteiger partial charge < -0.3 is 15.2 Å². The molecule has 0 spiro atoms. The average molecular weight is 324 g/mol. The van der Waals surface area contributed by atoms with Crippen molar-refractivity contribution < 1.29 is 9.84 Å². The van der Waals surface area contributed by atoms with Gasteiger partial charge in [0.1, 0.15) is 5.75 Å². The molecule has 1 aliphatic heterocycles. The van der Waals surface area contributed by atoms with Crippen LogP contribution >= 0.6 is 11.6 Å². The van der Waals surface area contributed by atoms with Gasteiger partial charge in [-0.05, 0) is 29.8 Å². The van der Waals surface area contributed by atoms with Gasteiger partial charge in [0, 0.05) is 11.3 Å². The van der Waals surface area contributed by atoms with Crippen molar-refractivity contribution in [2.45, 2.75) is 6.29 Å². The molecule has 3 nitrogen and oxygen atoms in total. The van der Waals surface area contributed by atoms with Crippen LogP contribution in [0.2, 0.25) is 5.02 Å². The van der Waals surface area contributed by atoms with Gasteiger partial charge in [0.15, 0.2) is 0 Å². The molecule has 4 rings (SSSR count). The summed E-state index contributed by atoms with van der Waals surface area (Å²) in [4.78, 5) is 0. The van der Waals surface area contributed by atoms with Crippen molar-refractivity contribution in [1.82, 2.24) is 0 Å². The van der Waals surface area contributed by atoms with Crippen LogP contribution < -0.4 is 10.1 Å². The Labute approximate surface area is 139 Å². The minimum Gasteiger partial charge on any atom is -0.460 e. The molecule has 0 amide bonds. The van der Waals surface area contributed by atoms with Crippen LogP contribution in [0.5, 0.6) is 5.75 Å². The molecular weight excluding hydrogens is 310 g/mol. The van der Waals surface area contributed by atoms with Gasteiger partial charge in [-0.25, -0.2) is 0 Å². The highest BCUT2D eigenvalue weighted by Crippen LogP contribution is 2.44. The van der Waals surface area contributed by atoms with E-state index >= 15 is 0 Å². The van der Waals surface area contributed by atoms with Crippen molar-refractivity contribution in [3.8, 4) is 16.9 Å². The Morgan fingerprint density at radius 3 is 2.39 bits per heavy atom. The Morgan fingerprint density at radius 1 is 0.826 bits per heavy atom. The minimum absolute atomic E-state index is 0.622. The summed E-state index contributed by atoms with van der Waals surface area (Å²) in [5.41, 5.74) is 4.20. The average Bonchev–Trinajstić information content (AvgIpc) is 2.57. The Kier molecular flexibility index (Phi) is 3.45.